The number of aryl methyl sites for hydroxylation is 1. The van der Waals surface area contributed by atoms with Gasteiger partial charge in [0.1, 0.15) is 18.0 Å². The standard InChI is InChI=1S/C20H19N5.C2H6/c1-13-20(3,4)17-6-5-15(16-10-22-14(2)23-11-16)9-18(17)25(13)19-7-8-21-12-24-19;1-2/h5-12H,1H2,2-4H3;1-2H3. The molecule has 3 aromatic rings. The molecule has 3 heterocycles. The molecule has 2 aromatic heterocycles. The second kappa shape index (κ2) is 7.27. The average molecular weight is 359 g/mol. The lowest BCUT2D eigenvalue weighted by Gasteiger charge is -2.24. The van der Waals surface area contributed by atoms with E-state index in [0.717, 1.165) is 34.2 Å². The third-order valence-corrected chi connectivity index (χ3v) is 4.81. The van der Waals surface area contributed by atoms with E-state index in [1.54, 1.807) is 12.5 Å². The highest BCUT2D eigenvalue weighted by atomic mass is 15.2. The van der Waals surface area contributed by atoms with Crippen LogP contribution in [0.2, 0.25) is 0 Å². The van der Waals surface area contributed by atoms with E-state index >= 15 is 0 Å². The van der Waals surface area contributed by atoms with Crippen molar-refractivity contribution in [1.82, 2.24) is 19.9 Å². The number of hydrogen-bond acceptors (Lipinski definition) is 5. The Balaban J connectivity index is 0.00000102. The Morgan fingerprint density at radius 3 is 2.30 bits per heavy atom. The van der Waals surface area contributed by atoms with Gasteiger partial charge in [0.25, 0.3) is 0 Å². The Morgan fingerprint density at radius 1 is 0.963 bits per heavy atom. The van der Waals surface area contributed by atoms with Crippen molar-refractivity contribution in [2.45, 2.75) is 40.0 Å². The first kappa shape index (κ1) is 18.7. The molecule has 0 spiro atoms. The molecule has 4 rings (SSSR count). The van der Waals surface area contributed by atoms with Gasteiger partial charge in [-0.15, -0.1) is 0 Å². The summed E-state index contributed by atoms with van der Waals surface area (Å²) in [7, 11) is 0. The third kappa shape index (κ3) is 3.21. The van der Waals surface area contributed by atoms with Gasteiger partial charge < -0.3 is 0 Å². The molecule has 0 aliphatic carbocycles. The van der Waals surface area contributed by atoms with Crippen LogP contribution in [-0.2, 0) is 5.41 Å². The topological polar surface area (TPSA) is 54.8 Å². The molecular weight excluding hydrogens is 334 g/mol. The van der Waals surface area contributed by atoms with Gasteiger partial charge in [-0.25, -0.2) is 19.9 Å². The number of benzene rings is 1. The molecule has 0 atom stereocenters. The zero-order valence-electron chi connectivity index (χ0n) is 16.6. The number of fused-ring (bicyclic) bond motifs is 1. The van der Waals surface area contributed by atoms with E-state index in [1.165, 1.54) is 5.56 Å². The summed E-state index contributed by atoms with van der Waals surface area (Å²) in [5, 5.41) is 0. The van der Waals surface area contributed by atoms with Crippen LogP contribution in [0.5, 0.6) is 0 Å². The zero-order valence-corrected chi connectivity index (χ0v) is 16.6. The van der Waals surface area contributed by atoms with Gasteiger partial charge in [-0.05, 0) is 30.2 Å². The van der Waals surface area contributed by atoms with Gasteiger partial charge in [-0.2, -0.15) is 0 Å². The largest absolute Gasteiger partial charge is 0.298 e. The van der Waals surface area contributed by atoms with Crippen molar-refractivity contribution in [2.75, 3.05) is 4.90 Å². The number of nitrogens with zero attached hydrogens (tertiary/aromatic N) is 5. The highest BCUT2D eigenvalue weighted by Gasteiger charge is 2.40. The zero-order chi connectivity index (χ0) is 19.6. The van der Waals surface area contributed by atoms with Crippen molar-refractivity contribution in [2.24, 2.45) is 0 Å². The van der Waals surface area contributed by atoms with Gasteiger partial charge in [0.15, 0.2) is 0 Å². The van der Waals surface area contributed by atoms with Crippen LogP contribution in [0.15, 0.2) is 61.5 Å². The molecule has 0 amide bonds. The first-order chi connectivity index (χ1) is 13.0. The maximum absolute atomic E-state index is 4.42. The molecule has 138 valence electrons. The van der Waals surface area contributed by atoms with Crippen molar-refractivity contribution in [3.8, 4) is 11.1 Å². The highest BCUT2D eigenvalue weighted by Crippen LogP contribution is 2.50. The number of allylic oxidation sites excluding steroid dienone is 1. The van der Waals surface area contributed by atoms with E-state index < -0.39 is 0 Å². The number of hydrogen-bond donors (Lipinski definition) is 0. The predicted molar refractivity (Wildman–Crippen MR) is 110 cm³/mol. The summed E-state index contributed by atoms with van der Waals surface area (Å²) in [6, 6.07) is 8.34. The fraction of sp³-hybridized carbons (Fsp3) is 0.273. The number of rotatable bonds is 2. The van der Waals surface area contributed by atoms with E-state index in [-0.39, 0.29) is 5.41 Å². The lowest BCUT2D eigenvalue weighted by Crippen LogP contribution is -2.22. The fourth-order valence-electron chi connectivity index (χ4n) is 3.22. The molecule has 5 nitrogen and oxygen atoms in total. The summed E-state index contributed by atoms with van der Waals surface area (Å²) in [4.78, 5) is 19.2. The van der Waals surface area contributed by atoms with Crippen LogP contribution < -0.4 is 4.90 Å². The van der Waals surface area contributed by atoms with Crippen molar-refractivity contribution in [1.29, 1.82) is 0 Å². The van der Waals surface area contributed by atoms with E-state index in [2.05, 4.69) is 63.5 Å². The Labute approximate surface area is 160 Å². The van der Waals surface area contributed by atoms with Crippen molar-refractivity contribution < 1.29 is 0 Å². The Morgan fingerprint density at radius 2 is 1.67 bits per heavy atom. The smallest absolute Gasteiger partial charge is 0.140 e. The van der Waals surface area contributed by atoms with E-state index in [0.29, 0.717) is 0 Å². The molecule has 1 aliphatic heterocycles. The minimum atomic E-state index is -0.164. The molecule has 5 heteroatoms. The second-order valence-corrected chi connectivity index (χ2v) is 6.73. The Bertz CT molecular complexity index is 946. The lowest BCUT2D eigenvalue weighted by molar-refractivity contribution is 0.645. The second-order valence-electron chi connectivity index (χ2n) is 6.73. The maximum atomic E-state index is 4.42. The van der Waals surface area contributed by atoms with Crippen LogP contribution in [0, 0.1) is 6.92 Å². The molecule has 0 N–H and O–H groups in total. The van der Waals surface area contributed by atoms with Gasteiger partial charge in [0, 0.05) is 35.3 Å². The Hall–Kier alpha value is -3.08. The monoisotopic (exact) mass is 359 g/mol. The molecule has 1 aromatic carbocycles. The molecule has 27 heavy (non-hydrogen) atoms. The maximum Gasteiger partial charge on any atom is 0.140 e. The molecule has 0 radical (unpaired) electrons. The van der Waals surface area contributed by atoms with Crippen LogP contribution in [-0.4, -0.2) is 19.9 Å². The van der Waals surface area contributed by atoms with Crippen LogP contribution in [0.4, 0.5) is 11.5 Å². The van der Waals surface area contributed by atoms with E-state index in [1.807, 2.05) is 39.2 Å². The summed E-state index contributed by atoms with van der Waals surface area (Å²) in [5.74, 6) is 1.59. The van der Waals surface area contributed by atoms with Crippen LogP contribution in [0.25, 0.3) is 11.1 Å². The van der Waals surface area contributed by atoms with Gasteiger partial charge in [0.2, 0.25) is 0 Å². The van der Waals surface area contributed by atoms with Crippen molar-refractivity contribution in [3.63, 3.8) is 0 Å². The van der Waals surface area contributed by atoms with Crippen LogP contribution >= 0.6 is 0 Å². The minimum Gasteiger partial charge on any atom is -0.298 e. The highest BCUT2D eigenvalue weighted by molar-refractivity contribution is 5.81. The van der Waals surface area contributed by atoms with Crippen LogP contribution in [0.1, 0.15) is 39.1 Å². The number of anilines is 2. The van der Waals surface area contributed by atoms with Gasteiger partial charge >= 0.3 is 0 Å². The van der Waals surface area contributed by atoms with E-state index in [4.69, 9.17) is 0 Å². The van der Waals surface area contributed by atoms with Crippen molar-refractivity contribution >= 4 is 11.5 Å². The molecule has 0 unspecified atom stereocenters. The molecule has 0 bridgehead atoms. The average Bonchev–Trinajstić information content (AvgIpc) is 2.90. The first-order valence-electron chi connectivity index (χ1n) is 9.17. The molecule has 1 aliphatic rings. The quantitative estimate of drug-likeness (QED) is 0.628. The molecule has 0 saturated heterocycles. The SMILES string of the molecule is C=C1N(c2ccncn2)c2cc(-c3cnc(C)nc3)ccc2C1(C)C.CC. The normalized spacial score (nSPS) is 14.4. The van der Waals surface area contributed by atoms with Gasteiger partial charge in [-0.1, -0.05) is 46.4 Å². The number of aromatic nitrogens is 4. The summed E-state index contributed by atoms with van der Waals surface area (Å²) in [6.07, 6.45) is 7.02. The van der Waals surface area contributed by atoms with E-state index in [9.17, 15) is 0 Å². The predicted octanol–water partition coefficient (Wildman–Crippen LogP) is 5.21. The lowest BCUT2D eigenvalue weighted by atomic mass is 9.84. The molecule has 0 fully saturated rings. The summed E-state index contributed by atoms with van der Waals surface area (Å²) in [6.45, 7) is 14.6. The Kier molecular flexibility index (Phi) is 5.04. The minimum absolute atomic E-state index is 0.164. The van der Waals surface area contributed by atoms with Gasteiger partial charge in [-0.3, -0.25) is 4.90 Å². The van der Waals surface area contributed by atoms with Gasteiger partial charge in [0.05, 0.1) is 5.69 Å². The summed E-state index contributed by atoms with van der Waals surface area (Å²) in [5.41, 5.74) is 5.22. The van der Waals surface area contributed by atoms with Crippen LogP contribution in [0.3, 0.4) is 0 Å². The van der Waals surface area contributed by atoms with Crippen molar-refractivity contribution in [3.05, 3.63) is 72.8 Å². The summed E-state index contributed by atoms with van der Waals surface area (Å²) >= 11 is 0. The fourth-order valence-corrected chi connectivity index (χ4v) is 3.22. The summed E-state index contributed by atoms with van der Waals surface area (Å²) < 4.78 is 0. The first-order valence-corrected chi connectivity index (χ1v) is 9.17. The molecule has 0 saturated carbocycles. The molecular formula is C22H25N5. The third-order valence-electron chi connectivity index (χ3n) is 4.81.